The molecule has 2 N–H and O–H groups in total. The Hall–Kier alpha value is -1.93. The van der Waals surface area contributed by atoms with E-state index in [1.807, 2.05) is 0 Å². The molecular formula is C18H29N3O4S. The van der Waals surface area contributed by atoms with Gasteiger partial charge in [0.15, 0.2) is 0 Å². The fourth-order valence-electron chi connectivity index (χ4n) is 2.01. The molecule has 0 unspecified atom stereocenters. The molecule has 26 heavy (non-hydrogen) atoms. The van der Waals surface area contributed by atoms with Crippen molar-refractivity contribution in [1.82, 2.24) is 4.72 Å². The Morgan fingerprint density at radius 3 is 2.15 bits per heavy atom. The van der Waals surface area contributed by atoms with Crippen LogP contribution in [0.3, 0.4) is 0 Å². The number of benzene rings is 1. The fourth-order valence-corrected chi connectivity index (χ4v) is 2.85. The van der Waals surface area contributed by atoms with Crippen LogP contribution in [0.15, 0.2) is 24.3 Å². The van der Waals surface area contributed by atoms with Gasteiger partial charge in [-0.15, -0.1) is 0 Å². The first-order valence-electron chi connectivity index (χ1n) is 8.57. The van der Waals surface area contributed by atoms with Crippen LogP contribution in [0, 0.1) is 0 Å². The maximum Gasteiger partial charge on any atom is 0.224 e. The number of carbonyl (C=O) groups excluding carboxylic acids is 2. The smallest absolute Gasteiger partial charge is 0.224 e. The van der Waals surface area contributed by atoms with E-state index >= 15 is 0 Å². The molecule has 0 spiro atoms. The first-order chi connectivity index (χ1) is 11.9. The number of hydrogen-bond donors (Lipinski definition) is 2. The minimum atomic E-state index is -3.34. The van der Waals surface area contributed by atoms with Gasteiger partial charge >= 0.3 is 0 Å². The summed E-state index contributed by atoms with van der Waals surface area (Å²) in [6.07, 6.45) is 1.49. The van der Waals surface area contributed by atoms with E-state index in [2.05, 4.69) is 10.0 Å². The molecule has 7 nitrogen and oxygen atoms in total. The summed E-state index contributed by atoms with van der Waals surface area (Å²) >= 11 is 0. The van der Waals surface area contributed by atoms with E-state index in [1.165, 1.54) is 11.8 Å². The summed E-state index contributed by atoms with van der Waals surface area (Å²) < 4.78 is 25.5. The molecule has 0 aliphatic carbocycles. The van der Waals surface area contributed by atoms with Crippen LogP contribution in [0.2, 0.25) is 0 Å². The third kappa shape index (κ3) is 6.76. The number of carbonyl (C=O) groups is 2. The van der Waals surface area contributed by atoms with Crippen molar-refractivity contribution in [3.05, 3.63) is 24.3 Å². The van der Waals surface area contributed by atoms with Gasteiger partial charge in [-0.3, -0.25) is 9.59 Å². The van der Waals surface area contributed by atoms with E-state index in [1.54, 1.807) is 52.1 Å². The van der Waals surface area contributed by atoms with Gasteiger partial charge in [-0.1, -0.05) is 0 Å². The largest absolute Gasteiger partial charge is 0.326 e. The number of amides is 2. The second kappa shape index (κ2) is 9.14. The first kappa shape index (κ1) is 22.1. The lowest BCUT2D eigenvalue weighted by molar-refractivity contribution is -0.117. The van der Waals surface area contributed by atoms with Crippen molar-refractivity contribution in [1.29, 1.82) is 0 Å². The van der Waals surface area contributed by atoms with E-state index < -0.39 is 14.8 Å². The number of hydrogen-bond acceptors (Lipinski definition) is 4. The van der Waals surface area contributed by atoms with Crippen molar-refractivity contribution in [3.8, 4) is 0 Å². The van der Waals surface area contributed by atoms with Crippen LogP contribution >= 0.6 is 0 Å². The number of nitrogens with zero attached hydrogens (tertiary/aromatic N) is 1. The quantitative estimate of drug-likeness (QED) is 0.674. The maximum atomic E-state index is 11.9. The predicted octanol–water partition coefficient (Wildman–Crippen LogP) is 2.50. The van der Waals surface area contributed by atoms with Crippen LogP contribution in [-0.2, 0) is 19.6 Å². The zero-order chi connectivity index (χ0) is 20.0. The van der Waals surface area contributed by atoms with Gasteiger partial charge < -0.3 is 10.2 Å². The topological polar surface area (TPSA) is 95.6 Å². The van der Waals surface area contributed by atoms with Crippen molar-refractivity contribution < 1.29 is 18.0 Å². The average Bonchev–Trinajstić information content (AvgIpc) is 2.53. The summed E-state index contributed by atoms with van der Waals surface area (Å²) in [4.78, 5) is 24.8. The molecule has 0 saturated carbocycles. The van der Waals surface area contributed by atoms with Gasteiger partial charge in [0.2, 0.25) is 21.8 Å². The third-order valence-electron chi connectivity index (χ3n) is 3.94. The summed E-state index contributed by atoms with van der Waals surface area (Å²) in [6, 6.07) is 7.00. The summed E-state index contributed by atoms with van der Waals surface area (Å²) in [6.45, 7) is 6.73. The highest BCUT2D eigenvalue weighted by Crippen LogP contribution is 2.17. The third-order valence-corrected chi connectivity index (χ3v) is 6.14. The zero-order valence-electron chi connectivity index (χ0n) is 16.1. The maximum absolute atomic E-state index is 11.9. The second-order valence-electron chi connectivity index (χ2n) is 7.14. The molecule has 1 aromatic rings. The molecule has 1 aromatic carbocycles. The minimum Gasteiger partial charge on any atom is -0.326 e. The van der Waals surface area contributed by atoms with Crippen molar-refractivity contribution in [3.63, 3.8) is 0 Å². The van der Waals surface area contributed by atoms with E-state index in [9.17, 15) is 18.0 Å². The summed E-state index contributed by atoms with van der Waals surface area (Å²) in [5.74, 6) is -0.194. The highest BCUT2D eigenvalue weighted by atomic mass is 32.2. The van der Waals surface area contributed by atoms with E-state index in [0.29, 0.717) is 31.5 Å². The molecule has 2 amide bonds. The molecule has 0 atom stereocenters. The average molecular weight is 384 g/mol. The van der Waals surface area contributed by atoms with Crippen LogP contribution in [0.5, 0.6) is 0 Å². The molecule has 0 heterocycles. The lowest BCUT2D eigenvalue weighted by Gasteiger charge is -2.19. The molecule has 0 saturated heterocycles. The Kier molecular flexibility index (Phi) is 7.77. The molecule has 0 radical (unpaired) electrons. The van der Waals surface area contributed by atoms with Crippen LogP contribution in [0.4, 0.5) is 11.4 Å². The molecule has 0 aliphatic heterocycles. The Labute approximate surface area is 156 Å². The SMILES string of the molecule is CC(=O)N(C)c1ccc(NC(=O)CCCCNS(=O)(=O)C(C)(C)C)cc1. The van der Waals surface area contributed by atoms with Crippen LogP contribution in [-0.4, -0.2) is 38.6 Å². The van der Waals surface area contributed by atoms with E-state index in [4.69, 9.17) is 0 Å². The number of nitrogens with one attached hydrogen (secondary N) is 2. The minimum absolute atomic E-state index is 0.0659. The van der Waals surface area contributed by atoms with Gasteiger partial charge in [-0.25, -0.2) is 13.1 Å². The summed E-state index contributed by atoms with van der Waals surface area (Å²) in [7, 11) is -1.66. The lowest BCUT2D eigenvalue weighted by Crippen LogP contribution is -2.39. The van der Waals surface area contributed by atoms with Gasteiger partial charge in [0.1, 0.15) is 0 Å². The molecule has 0 bridgehead atoms. The Bertz CT molecular complexity index is 722. The van der Waals surface area contributed by atoms with Crippen molar-refractivity contribution in [2.45, 2.75) is 51.7 Å². The summed E-state index contributed by atoms with van der Waals surface area (Å²) in [5, 5.41) is 2.79. The Morgan fingerprint density at radius 1 is 1.08 bits per heavy atom. The Balaban J connectivity index is 2.36. The highest BCUT2D eigenvalue weighted by Gasteiger charge is 2.27. The number of unbranched alkanes of at least 4 members (excludes halogenated alkanes) is 1. The van der Waals surface area contributed by atoms with E-state index in [-0.39, 0.29) is 11.8 Å². The van der Waals surface area contributed by atoms with Gasteiger partial charge in [-0.05, 0) is 57.9 Å². The Morgan fingerprint density at radius 2 is 1.65 bits per heavy atom. The fraction of sp³-hybridized carbons (Fsp3) is 0.556. The van der Waals surface area contributed by atoms with Crippen LogP contribution in [0.25, 0.3) is 0 Å². The first-order valence-corrected chi connectivity index (χ1v) is 10.1. The molecular weight excluding hydrogens is 354 g/mol. The number of anilines is 2. The van der Waals surface area contributed by atoms with Gasteiger partial charge in [0, 0.05) is 38.3 Å². The van der Waals surface area contributed by atoms with Gasteiger partial charge in [0.25, 0.3) is 0 Å². The molecule has 8 heteroatoms. The van der Waals surface area contributed by atoms with Crippen molar-refractivity contribution in [2.24, 2.45) is 0 Å². The normalized spacial score (nSPS) is 11.9. The molecule has 0 fully saturated rings. The molecule has 1 rings (SSSR count). The molecule has 146 valence electrons. The number of rotatable bonds is 8. The standard InChI is InChI=1S/C18H29N3O4S/c1-14(22)21(5)16-11-9-15(10-12-16)20-17(23)8-6-7-13-19-26(24,25)18(2,3)4/h9-12,19H,6-8,13H2,1-5H3,(H,20,23). The molecule has 0 aromatic heterocycles. The van der Waals surface area contributed by atoms with Crippen molar-refractivity contribution >= 4 is 33.2 Å². The summed E-state index contributed by atoms with van der Waals surface area (Å²) in [5.41, 5.74) is 1.41. The van der Waals surface area contributed by atoms with Crippen LogP contribution in [0.1, 0.15) is 47.0 Å². The van der Waals surface area contributed by atoms with E-state index in [0.717, 1.165) is 5.69 Å². The van der Waals surface area contributed by atoms with Crippen LogP contribution < -0.4 is 14.9 Å². The number of sulfonamides is 1. The monoisotopic (exact) mass is 383 g/mol. The van der Waals surface area contributed by atoms with Gasteiger partial charge in [0.05, 0.1) is 4.75 Å². The lowest BCUT2D eigenvalue weighted by atomic mass is 10.2. The second-order valence-corrected chi connectivity index (χ2v) is 9.66. The van der Waals surface area contributed by atoms with Gasteiger partial charge in [-0.2, -0.15) is 0 Å². The zero-order valence-corrected chi connectivity index (χ0v) is 16.9. The predicted molar refractivity (Wildman–Crippen MR) is 105 cm³/mol. The highest BCUT2D eigenvalue weighted by molar-refractivity contribution is 7.90. The molecule has 0 aliphatic rings. The van der Waals surface area contributed by atoms with Crippen molar-refractivity contribution in [2.75, 3.05) is 23.8 Å².